The number of ether oxygens (including phenoxy) is 2. The number of oxime groups is 1. The van der Waals surface area contributed by atoms with Crippen molar-refractivity contribution in [2.24, 2.45) is 5.16 Å². The molecule has 3 rings (SSSR count). The Kier molecular flexibility index (Phi) is 5.69. The summed E-state index contributed by atoms with van der Waals surface area (Å²) < 4.78 is 11.5. The first-order chi connectivity index (χ1) is 13.5. The quantitative estimate of drug-likeness (QED) is 0.312. The highest BCUT2D eigenvalue weighted by atomic mass is 16.7. The van der Waals surface area contributed by atoms with Gasteiger partial charge in [-0.2, -0.15) is 0 Å². The van der Waals surface area contributed by atoms with Crippen molar-refractivity contribution in [2.75, 3.05) is 6.61 Å². The minimum absolute atomic E-state index is 0.0282. The topological polar surface area (TPSA) is 100 Å². The van der Waals surface area contributed by atoms with E-state index in [1.807, 2.05) is 6.92 Å². The Morgan fingerprint density at radius 3 is 2.50 bits per heavy atom. The molecule has 2 aromatic carbocycles. The van der Waals surface area contributed by atoms with Crippen LogP contribution in [-0.4, -0.2) is 23.2 Å². The minimum atomic E-state index is -0.492. The van der Waals surface area contributed by atoms with Crippen LogP contribution in [0.1, 0.15) is 25.0 Å². The molecule has 0 aromatic heterocycles. The molecule has 28 heavy (non-hydrogen) atoms. The van der Waals surface area contributed by atoms with Crippen molar-refractivity contribution in [2.45, 2.75) is 20.5 Å². The van der Waals surface area contributed by atoms with Gasteiger partial charge in [0.15, 0.2) is 11.5 Å². The Morgan fingerprint density at radius 1 is 1.14 bits per heavy atom. The van der Waals surface area contributed by atoms with Crippen molar-refractivity contribution in [3.63, 3.8) is 0 Å². The SMILES string of the molecule is CCOc1cc(/C=C2/C(=O)ON=C2C)ccc1OCc1ccc([N+](=O)[O-])cc1. The molecule has 0 amide bonds. The molecule has 8 nitrogen and oxygen atoms in total. The van der Waals surface area contributed by atoms with Crippen LogP contribution in [0, 0.1) is 10.1 Å². The van der Waals surface area contributed by atoms with Crippen molar-refractivity contribution in [1.29, 1.82) is 0 Å². The Labute approximate surface area is 161 Å². The van der Waals surface area contributed by atoms with E-state index in [1.165, 1.54) is 12.1 Å². The molecule has 0 spiro atoms. The van der Waals surface area contributed by atoms with Gasteiger partial charge in [0.1, 0.15) is 6.61 Å². The van der Waals surface area contributed by atoms with Gasteiger partial charge in [0.25, 0.3) is 5.69 Å². The fourth-order valence-corrected chi connectivity index (χ4v) is 2.56. The van der Waals surface area contributed by atoms with E-state index < -0.39 is 10.9 Å². The summed E-state index contributed by atoms with van der Waals surface area (Å²) in [6.07, 6.45) is 1.68. The molecule has 0 saturated heterocycles. The average molecular weight is 382 g/mol. The molecule has 0 radical (unpaired) electrons. The molecule has 2 aromatic rings. The van der Waals surface area contributed by atoms with Crippen LogP contribution in [0.15, 0.2) is 53.2 Å². The average Bonchev–Trinajstić information content (AvgIpc) is 3.00. The smallest absolute Gasteiger partial charge is 0.367 e. The number of nitro groups is 1. The molecule has 0 fully saturated rings. The van der Waals surface area contributed by atoms with Gasteiger partial charge in [-0.3, -0.25) is 10.1 Å². The second kappa shape index (κ2) is 8.34. The predicted molar refractivity (Wildman–Crippen MR) is 102 cm³/mol. The van der Waals surface area contributed by atoms with Crippen molar-refractivity contribution in [3.05, 3.63) is 69.3 Å². The molecule has 1 aliphatic heterocycles. The third-order valence-electron chi connectivity index (χ3n) is 4.00. The second-order valence-corrected chi connectivity index (χ2v) is 5.96. The molecule has 0 bridgehead atoms. The Bertz CT molecular complexity index is 963. The maximum atomic E-state index is 11.7. The molecular weight excluding hydrogens is 364 g/mol. The van der Waals surface area contributed by atoms with Gasteiger partial charge in [-0.1, -0.05) is 11.2 Å². The van der Waals surface area contributed by atoms with Crippen molar-refractivity contribution >= 4 is 23.4 Å². The lowest BCUT2D eigenvalue weighted by molar-refractivity contribution is -0.384. The van der Waals surface area contributed by atoms with Crippen LogP contribution in [0.4, 0.5) is 5.69 Å². The van der Waals surface area contributed by atoms with Gasteiger partial charge in [-0.25, -0.2) is 4.79 Å². The molecule has 0 unspecified atom stereocenters. The summed E-state index contributed by atoms with van der Waals surface area (Å²) in [5.74, 6) is 0.565. The van der Waals surface area contributed by atoms with E-state index in [1.54, 1.807) is 43.3 Å². The summed E-state index contributed by atoms with van der Waals surface area (Å²) in [5.41, 5.74) is 2.47. The summed E-state index contributed by atoms with van der Waals surface area (Å²) >= 11 is 0. The van der Waals surface area contributed by atoms with E-state index in [0.29, 0.717) is 29.4 Å². The summed E-state index contributed by atoms with van der Waals surface area (Å²) in [4.78, 5) is 26.6. The predicted octanol–water partition coefficient (Wildman–Crippen LogP) is 3.89. The fraction of sp³-hybridized carbons (Fsp3) is 0.200. The van der Waals surface area contributed by atoms with Crippen LogP contribution in [0.2, 0.25) is 0 Å². The van der Waals surface area contributed by atoms with Crippen LogP contribution in [0.25, 0.3) is 6.08 Å². The molecule has 0 atom stereocenters. The van der Waals surface area contributed by atoms with Gasteiger partial charge in [0, 0.05) is 12.1 Å². The Balaban J connectivity index is 1.77. The van der Waals surface area contributed by atoms with Crippen molar-refractivity contribution in [3.8, 4) is 11.5 Å². The van der Waals surface area contributed by atoms with E-state index in [0.717, 1.165) is 11.1 Å². The lowest BCUT2D eigenvalue weighted by Crippen LogP contribution is -2.02. The third-order valence-corrected chi connectivity index (χ3v) is 4.00. The normalized spacial score (nSPS) is 14.6. The Morgan fingerprint density at radius 2 is 1.89 bits per heavy atom. The molecular formula is C20H18N2O6. The molecule has 8 heteroatoms. The zero-order valence-electron chi connectivity index (χ0n) is 15.4. The second-order valence-electron chi connectivity index (χ2n) is 5.96. The molecule has 1 aliphatic rings. The first-order valence-corrected chi connectivity index (χ1v) is 8.59. The van der Waals surface area contributed by atoms with E-state index in [2.05, 4.69) is 9.99 Å². The number of benzene rings is 2. The number of hydrogen-bond donors (Lipinski definition) is 0. The highest BCUT2D eigenvalue weighted by Crippen LogP contribution is 2.31. The third kappa shape index (κ3) is 4.35. The van der Waals surface area contributed by atoms with Gasteiger partial charge in [0.05, 0.1) is 22.8 Å². The van der Waals surface area contributed by atoms with Gasteiger partial charge in [0.2, 0.25) is 0 Å². The van der Waals surface area contributed by atoms with Crippen LogP contribution >= 0.6 is 0 Å². The standard InChI is InChI=1S/C20H18N2O6/c1-3-26-19-11-15(10-17-13(2)21-28-20(17)23)6-9-18(19)27-12-14-4-7-16(8-5-14)22(24)25/h4-11H,3,12H2,1-2H3/b17-10+. The lowest BCUT2D eigenvalue weighted by atomic mass is 10.1. The van der Waals surface area contributed by atoms with Crippen LogP contribution in [0.3, 0.4) is 0 Å². The van der Waals surface area contributed by atoms with Crippen LogP contribution in [0.5, 0.6) is 11.5 Å². The summed E-state index contributed by atoms with van der Waals surface area (Å²) in [6.45, 7) is 4.23. The molecule has 0 saturated carbocycles. The summed E-state index contributed by atoms with van der Waals surface area (Å²) in [6, 6.07) is 11.5. The summed E-state index contributed by atoms with van der Waals surface area (Å²) in [5, 5.41) is 14.4. The lowest BCUT2D eigenvalue weighted by Gasteiger charge is -2.13. The van der Waals surface area contributed by atoms with E-state index >= 15 is 0 Å². The zero-order valence-corrected chi connectivity index (χ0v) is 15.4. The van der Waals surface area contributed by atoms with Gasteiger partial charge < -0.3 is 14.3 Å². The van der Waals surface area contributed by atoms with Crippen molar-refractivity contribution < 1.29 is 24.0 Å². The molecule has 144 valence electrons. The molecule has 0 aliphatic carbocycles. The Hall–Kier alpha value is -3.68. The number of carbonyl (C=O) groups excluding carboxylic acids is 1. The van der Waals surface area contributed by atoms with E-state index in [9.17, 15) is 14.9 Å². The number of hydrogen-bond acceptors (Lipinski definition) is 7. The molecule has 0 N–H and O–H groups in total. The number of nitro benzene ring substituents is 1. The fourth-order valence-electron chi connectivity index (χ4n) is 2.56. The van der Waals surface area contributed by atoms with Crippen LogP contribution < -0.4 is 9.47 Å². The number of nitrogens with zero attached hydrogens (tertiary/aromatic N) is 2. The molecule has 1 heterocycles. The maximum Gasteiger partial charge on any atom is 0.367 e. The minimum Gasteiger partial charge on any atom is -0.490 e. The van der Waals surface area contributed by atoms with E-state index in [-0.39, 0.29) is 12.3 Å². The van der Waals surface area contributed by atoms with Gasteiger partial charge in [-0.05, 0) is 55.3 Å². The highest BCUT2D eigenvalue weighted by molar-refractivity contribution is 6.24. The maximum absolute atomic E-state index is 11.7. The number of rotatable bonds is 7. The van der Waals surface area contributed by atoms with Crippen molar-refractivity contribution in [1.82, 2.24) is 0 Å². The number of non-ortho nitro benzene ring substituents is 1. The monoisotopic (exact) mass is 382 g/mol. The van der Waals surface area contributed by atoms with Gasteiger partial charge >= 0.3 is 5.97 Å². The summed E-state index contributed by atoms with van der Waals surface area (Å²) in [7, 11) is 0. The first-order valence-electron chi connectivity index (χ1n) is 8.59. The largest absolute Gasteiger partial charge is 0.490 e. The highest BCUT2D eigenvalue weighted by Gasteiger charge is 2.22. The zero-order chi connectivity index (χ0) is 20.1. The van der Waals surface area contributed by atoms with Gasteiger partial charge in [-0.15, -0.1) is 0 Å². The number of carbonyl (C=O) groups is 1. The van der Waals surface area contributed by atoms with Crippen LogP contribution in [-0.2, 0) is 16.2 Å². The first kappa shape index (κ1) is 19.1. The van der Waals surface area contributed by atoms with E-state index in [4.69, 9.17) is 9.47 Å².